The van der Waals surface area contributed by atoms with E-state index in [-0.39, 0.29) is 12.5 Å². The Labute approximate surface area is 175 Å². The lowest BCUT2D eigenvalue weighted by Crippen LogP contribution is -2.66. The number of carbonyl (C=O) groups excluding carboxylic acids is 3. The summed E-state index contributed by atoms with van der Waals surface area (Å²) in [6.07, 6.45) is 4.37. The zero-order valence-corrected chi connectivity index (χ0v) is 18.0. The van der Waals surface area contributed by atoms with Crippen molar-refractivity contribution < 1.29 is 24.2 Å². The van der Waals surface area contributed by atoms with E-state index in [4.69, 9.17) is 4.74 Å². The van der Waals surface area contributed by atoms with Gasteiger partial charge in [0, 0.05) is 32.8 Å². The summed E-state index contributed by atoms with van der Waals surface area (Å²) in [5.74, 6) is -0.798. The van der Waals surface area contributed by atoms with Gasteiger partial charge in [0.05, 0.1) is 29.2 Å². The predicted octanol–water partition coefficient (Wildman–Crippen LogP) is 0.588. The molecule has 29 heavy (non-hydrogen) atoms. The minimum atomic E-state index is -0.794. The molecule has 0 saturated carbocycles. The molecule has 0 aromatic carbocycles. The van der Waals surface area contributed by atoms with Gasteiger partial charge in [-0.15, -0.1) is 0 Å². The van der Waals surface area contributed by atoms with E-state index >= 15 is 0 Å². The summed E-state index contributed by atoms with van der Waals surface area (Å²) in [6, 6.07) is 3.37. The number of rotatable bonds is 5. The molecule has 2 aliphatic heterocycles. The average Bonchev–Trinajstić information content (AvgIpc) is 3.10. The highest BCUT2D eigenvalue weighted by Gasteiger charge is 2.50. The zero-order valence-electron chi connectivity index (χ0n) is 17.1. The molecule has 2 aliphatic rings. The number of Topliss-reactive ketones (excluding diaryl/α,β-unsaturated/α-hetero) is 1. The number of nitrogens with zero attached hydrogens (tertiary/aromatic N) is 2. The van der Waals surface area contributed by atoms with Crippen molar-refractivity contribution in [2.45, 2.75) is 43.4 Å². The van der Waals surface area contributed by atoms with Crippen LogP contribution in [0.25, 0.3) is 0 Å². The van der Waals surface area contributed by atoms with E-state index in [9.17, 15) is 19.5 Å². The van der Waals surface area contributed by atoms with Crippen LogP contribution in [0.5, 0.6) is 0 Å². The molecule has 2 amide bonds. The third-order valence-corrected chi connectivity index (χ3v) is 6.56. The van der Waals surface area contributed by atoms with Gasteiger partial charge in [-0.1, -0.05) is 0 Å². The SMILES string of the molecule is CSCC(=O)N[C@@]1(C)CC2(CCN(C(=O)C(=O)c3cccn3C)CC2)OC[C@@H]1O. The lowest BCUT2D eigenvalue weighted by Gasteiger charge is -2.51. The Balaban J connectivity index is 1.64. The Morgan fingerprint density at radius 3 is 2.62 bits per heavy atom. The quantitative estimate of drug-likeness (QED) is 0.531. The number of nitrogens with one attached hydrogen (secondary N) is 1. The predicted molar refractivity (Wildman–Crippen MR) is 110 cm³/mol. The van der Waals surface area contributed by atoms with Gasteiger partial charge in [0.15, 0.2) is 0 Å². The molecule has 2 atom stereocenters. The van der Waals surface area contributed by atoms with Gasteiger partial charge in [-0.25, -0.2) is 0 Å². The number of aryl methyl sites for hydroxylation is 1. The lowest BCUT2D eigenvalue weighted by molar-refractivity contribution is -0.182. The van der Waals surface area contributed by atoms with Gasteiger partial charge in [-0.3, -0.25) is 14.4 Å². The van der Waals surface area contributed by atoms with Crippen molar-refractivity contribution in [3.05, 3.63) is 24.0 Å². The monoisotopic (exact) mass is 423 g/mol. The standard InChI is InChI=1S/C20H29N3O5S/c1-19(21-16(25)12-29-3)13-20(28-11-15(19)24)6-9-23(10-7-20)18(27)17(26)14-5-4-8-22(14)2/h4-5,8,15,24H,6-7,9-13H2,1-3H3,(H,21,25)/t15-,19-/m0/s1. The third-order valence-electron chi connectivity index (χ3n) is 6.01. The lowest BCUT2D eigenvalue weighted by atomic mass is 9.74. The van der Waals surface area contributed by atoms with E-state index in [1.165, 1.54) is 11.8 Å². The fourth-order valence-electron chi connectivity index (χ4n) is 4.28. The van der Waals surface area contributed by atoms with Crippen LogP contribution in [0.1, 0.15) is 36.7 Å². The van der Waals surface area contributed by atoms with E-state index in [0.29, 0.717) is 43.8 Å². The van der Waals surface area contributed by atoms with E-state index in [1.54, 1.807) is 34.8 Å². The summed E-state index contributed by atoms with van der Waals surface area (Å²) < 4.78 is 7.64. The van der Waals surface area contributed by atoms with Gasteiger partial charge in [-0.05, 0) is 38.2 Å². The maximum Gasteiger partial charge on any atom is 0.296 e. The molecule has 1 aromatic rings. The summed E-state index contributed by atoms with van der Waals surface area (Å²) in [5.41, 5.74) is -0.932. The van der Waals surface area contributed by atoms with Crippen LogP contribution < -0.4 is 5.32 Å². The van der Waals surface area contributed by atoms with Crippen LogP contribution in [-0.2, 0) is 21.4 Å². The molecule has 1 spiro atoms. The molecule has 0 aliphatic carbocycles. The van der Waals surface area contributed by atoms with Gasteiger partial charge in [0.25, 0.3) is 11.7 Å². The van der Waals surface area contributed by atoms with Crippen LogP contribution in [0.3, 0.4) is 0 Å². The Morgan fingerprint density at radius 2 is 2.03 bits per heavy atom. The number of carbonyl (C=O) groups is 3. The molecule has 9 heteroatoms. The second-order valence-corrected chi connectivity index (χ2v) is 9.08. The number of aromatic nitrogens is 1. The first-order valence-electron chi connectivity index (χ1n) is 9.77. The third kappa shape index (κ3) is 4.51. The molecule has 2 fully saturated rings. The van der Waals surface area contributed by atoms with Crippen LogP contribution in [0.4, 0.5) is 0 Å². The van der Waals surface area contributed by atoms with Crippen LogP contribution in [-0.4, -0.2) is 81.1 Å². The van der Waals surface area contributed by atoms with E-state index in [1.807, 2.05) is 13.2 Å². The smallest absolute Gasteiger partial charge is 0.296 e. The summed E-state index contributed by atoms with van der Waals surface area (Å²) in [7, 11) is 1.74. The summed E-state index contributed by atoms with van der Waals surface area (Å²) in [6.45, 7) is 2.78. The molecule has 2 saturated heterocycles. The average molecular weight is 424 g/mol. The van der Waals surface area contributed by atoms with Crippen molar-refractivity contribution >= 4 is 29.4 Å². The number of hydrogen-bond donors (Lipinski definition) is 2. The minimum Gasteiger partial charge on any atom is -0.388 e. The second kappa shape index (κ2) is 8.49. The van der Waals surface area contributed by atoms with Gasteiger partial charge in [0.2, 0.25) is 5.91 Å². The summed E-state index contributed by atoms with van der Waals surface area (Å²) >= 11 is 1.43. The maximum absolute atomic E-state index is 12.6. The number of piperidine rings is 1. The van der Waals surface area contributed by atoms with Crippen molar-refractivity contribution in [3.8, 4) is 0 Å². The zero-order chi connectivity index (χ0) is 21.2. The number of aliphatic hydroxyl groups excluding tert-OH is 1. The van der Waals surface area contributed by atoms with Crippen LogP contribution in [0.15, 0.2) is 18.3 Å². The highest BCUT2D eigenvalue weighted by Crippen LogP contribution is 2.39. The minimum absolute atomic E-state index is 0.114. The molecule has 0 unspecified atom stereocenters. The number of amides is 2. The van der Waals surface area contributed by atoms with Crippen molar-refractivity contribution in [1.82, 2.24) is 14.8 Å². The number of likely N-dealkylation sites (tertiary alicyclic amines) is 1. The first-order valence-corrected chi connectivity index (χ1v) is 11.2. The highest BCUT2D eigenvalue weighted by atomic mass is 32.2. The fourth-order valence-corrected chi connectivity index (χ4v) is 4.61. The molecule has 160 valence electrons. The Hall–Kier alpha value is -1.84. The first kappa shape index (κ1) is 21.9. The maximum atomic E-state index is 12.6. The van der Waals surface area contributed by atoms with Gasteiger partial charge < -0.3 is 24.6 Å². The van der Waals surface area contributed by atoms with Gasteiger partial charge in [0.1, 0.15) is 6.10 Å². The fraction of sp³-hybridized carbons (Fsp3) is 0.650. The van der Waals surface area contributed by atoms with Crippen molar-refractivity contribution in [3.63, 3.8) is 0 Å². The Kier molecular flexibility index (Phi) is 6.40. The van der Waals surface area contributed by atoms with Gasteiger partial charge >= 0.3 is 0 Å². The highest BCUT2D eigenvalue weighted by molar-refractivity contribution is 7.99. The van der Waals surface area contributed by atoms with Crippen LogP contribution in [0, 0.1) is 0 Å². The van der Waals surface area contributed by atoms with Gasteiger partial charge in [-0.2, -0.15) is 11.8 Å². The van der Waals surface area contributed by atoms with E-state index in [0.717, 1.165) is 0 Å². The number of thioether (sulfide) groups is 1. The van der Waals surface area contributed by atoms with Crippen LogP contribution in [0.2, 0.25) is 0 Å². The molecule has 0 bridgehead atoms. The Bertz CT molecular complexity index is 787. The molecule has 3 heterocycles. The van der Waals surface area contributed by atoms with Crippen molar-refractivity contribution in [2.24, 2.45) is 7.05 Å². The molecule has 1 aromatic heterocycles. The topological polar surface area (TPSA) is 101 Å². The molecule has 3 rings (SSSR count). The molecule has 2 N–H and O–H groups in total. The number of aliphatic hydroxyl groups is 1. The van der Waals surface area contributed by atoms with Crippen LogP contribution >= 0.6 is 11.8 Å². The first-order chi connectivity index (χ1) is 13.7. The molecular weight excluding hydrogens is 394 g/mol. The van der Waals surface area contributed by atoms with E-state index < -0.39 is 28.9 Å². The van der Waals surface area contributed by atoms with Crippen molar-refractivity contribution in [2.75, 3.05) is 31.7 Å². The number of ketones is 1. The summed E-state index contributed by atoms with van der Waals surface area (Å²) in [4.78, 5) is 38.8. The van der Waals surface area contributed by atoms with E-state index in [2.05, 4.69) is 5.32 Å². The number of ether oxygens (including phenoxy) is 1. The second-order valence-electron chi connectivity index (χ2n) is 8.21. The number of hydrogen-bond acceptors (Lipinski definition) is 6. The molecule has 8 nitrogen and oxygen atoms in total. The molecular formula is C20H29N3O5S. The summed E-state index contributed by atoms with van der Waals surface area (Å²) in [5, 5.41) is 13.4. The van der Waals surface area contributed by atoms with Crippen molar-refractivity contribution in [1.29, 1.82) is 0 Å². The molecule has 0 radical (unpaired) electrons. The largest absolute Gasteiger partial charge is 0.388 e. The Morgan fingerprint density at radius 1 is 1.34 bits per heavy atom. The normalized spacial score (nSPS) is 26.3.